The number of nitrogens with zero attached hydrogens (tertiary/aromatic N) is 1. The second kappa shape index (κ2) is 14.8. The number of benzene rings is 2. The fourth-order valence-corrected chi connectivity index (χ4v) is 3.53. The maximum Gasteiger partial charge on any atom is 2.00 e. The molecule has 0 radical (unpaired) electrons. The van der Waals surface area contributed by atoms with E-state index in [1.54, 1.807) is 0 Å². The molecule has 3 rings (SSSR count). The maximum atomic E-state index is 7.54. The van der Waals surface area contributed by atoms with E-state index in [-0.39, 0.29) is 46.5 Å². The molecule has 162 valence electrons. The Balaban J connectivity index is 0. The first-order valence-electron chi connectivity index (χ1n) is 9.55. The minimum atomic E-state index is 0. The first-order chi connectivity index (χ1) is 12.8. The Morgan fingerprint density at radius 1 is 1.00 bits per heavy atom. The van der Waals surface area contributed by atoms with Gasteiger partial charge in [-0.3, -0.25) is 0 Å². The van der Waals surface area contributed by atoms with Gasteiger partial charge in [0.25, 0.3) is 0 Å². The van der Waals surface area contributed by atoms with E-state index in [0.717, 1.165) is 24.1 Å². The fraction of sp³-hybridized carbons (Fsp3) is 0.320. The molecule has 0 heterocycles. The summed E-state index contributed by atoms with van der Waals surface area (Å²) in [6.45, 7) is 9.13. The van der Waals surface area contributed by atoms with E-state index in [4.69, 9.17) is 5.73 Å². The number of nitrogens with one attached hydrogen (secondary N) is 1. The van der Waals surface area contributed by atoms with Gasteiger partial charge in [0.2, 0.25) is 0 Å². The van der Waals surface area contributed by atoms with Gasteiger partial charge in [-0.15, -0.1) is 48.2 Å². The van der Waals surface area contributed by atoms with Gasteiger partial charge in [-0.05, 0) is 46.9 Å². The molecule has 0 saturated carbocycles. The second-order valence-electron chi connectivity index (χ2n) is 7.50. The van der Waals surface area contributed by atoms with E-state index in [1.165, 1.54) is 27.8 Å². The molecular formula is C25H34Cl2N2Ti. The Hall–Kier alpha value is -1.16. The van der Waals surface area contributed by atoms with Crippen LogP contribution in [0.4, 0.5) is 5.69 Å². The van der Waals surface area contributed by atoms with Crippen molar-refractivity contribution >= 4 is 36.1 Å². The predicted molar refractivity (Wildman–Crippen MR) is 134 cm³/mol. The molecule has 30 heavy (non-hydrogen) atoms. The molecular weight excluding hydrogens is 447 g/mol. The molecule has 0 spiro atoms. The molecule has 0 unspecified atom stereocenters. The van der Waals surface area contributed by atoms with E-state index in [0.29, 0.717) is 5.69 Å². The molecule has 0 fully saturated rings. The van der Waals surface area contributed by atoms with Gasteiger partial charge in [-0.25, -0.2) is 0 Å². The minimum absolute atomic E-state index is 0. The van der Waals surface area contributed by atoms with Crippen molar-refractivity contribution in [1.29, 1.82) is 0 Å². The van der Waals surface area contributed by atoms with E-state index in [9.17, 15) is 0 Å². The first-order valence-corrected chi connectivity index (χ1v) is 9.55. The van der Waals surface area contributed by atoms with Crippen LogP contribution in [0.3, 0.4) is 0 Å². The quantitative estimate of drug-likeness (QED) is 0.325. The summed E-state index contributed by atoms with van der Waals surface area (Å²) < 4.78 is 0. The molecule has 1 aliphatic rings. The van der Waals surface area contributed by atoms with Gasteiger partial charge in [0, 0.05) is 6.54 Å². The third-order valence-corrected chi connectivity index (χ3v) is 4.79. The van der Waals surface area contributed by atoms with E-state index >= 15 is 0 Å². The molecule has 1 aliphatic carbocycles. The summed E-state index contributed by atoms with van der Waals surface area (Å²) in [5.41, 5.74) is 17.2. The normalized spacial score (nSPS) is 11.7. The first kappa shape index (κ1) is 31.0. The van der Waals surface area contributed by atoms with Crippen molar-refractivity contribution in [2.75, 3.05) is 20.6 Å². The van der Waals surface area contributed by atoms with E-state index < -0.39 is 0 Å². The number of hydrogen-bond donors (Lipinski definition) is 0. The minimum Gasteiger partial charge on any atom is -0.698 e. The van der Waals surface area contributed by atoms with Crippen LogP contribution in [0.25, 0.3) is 11.3 Å². The summed E-state index contributed by atoms with van der Waals surface area (Å²) >= 11 is 0. The Morgan fingerprint density at radius 2 is 1.57 bits per heavy atom. The average molecular weight is 481 g/mol. The topological polar surface area (TPSA) is 27.0 Å². The van der Waals surface area contributed by atoms with Crippen molar-refractivity contribution in [3.05, 3.63) is 94.1 Å². The number of aryl methyl sites for hydroxylation is 3. The number of hydrogen-bond acceptors (Lipinski definition) is 1. The van der Waals surface area contributed by atoms with Crippen LogP contribution >= 0.6 is 24.8 Å². The van der Waals surface area contributed by atoms with E-state index in [2.05, 4.69) is 75.7 Å². The summed E-state index contributed by atoms with van der Waals surface area (Å²) in [6, 6.07) is 12.7. The van der Waals surface area contributed by atoms with E-state index in [1.807, 2.05) is 26.0 Å². The van der Waals surface area contributed by atoms with Crippen LogP contribution in [0.2, 0.25) is 0 Å². The van der Waals surface area contributed by atoms with Crippen LogP contribution in [0, 0.1) is 27.2 Å². The van der Waals surface area contributed by atoms with Gasteiger partial charge in [-0.1, -0.05) is 59.5 Å². The van der Waals surface area contributed by atoms with Crippen molar-refractivity contribution in [3.8, 4) is 0 Å². The number of allylic oxidation sites excluding steroid dienone is 2. The van der Waals surface area contributed by atoms with Gasteiger partial charge >= 0.3 is 21.7 Å². The summed E-state index contributed by atoms with van der Waals surface area (Å²) in [7, 11) is 4.24. The number of rotatable bonds is 4. The maximum absolute atomic E-state index is 7.54. The van der Waals surface area contributed by atoms with Gasteiger partial charge in [0.15, 0.2) is 0 Å². The van der Waals surface area contributed by atoms with Gasteiger partial charge in [0.05, 0.1) is 0 Å². The average Bonchev–Trinajstić information content (AvgIpc) is 3.07. The summed E-state index contributed by atoms with van der Waals surface area (Å²) in [5.74, 6) is 0. The van der Waals surface area contributed by atoms with Crippen LogP contribution in [0.5, 0.6) is 0 Å². The molecule has 0 atom stereocenters. The van der Waals surface area contributed by atoms with Crippen LogP contribution in [-0.4, -0.2) is 25.5 Å². The Morgan fingerprint density at radius 3 is 2.10 bits per heavy atom. The largest absolute Gasteiger partial charge is 2.00 e. The third kappa shape index (κ3) is 8.53. The summed E-state index contributed by atoms with van der Waals surface area (Å²) in [4.78, 5) is 2.23. The third-order valence-electron chi connectivity index (χ3n) is 4.79. The van der Waals surface area contributed by atoms with Crippen molar-refractivity contribution in [2.24, 2.45) is 0 Å². The Kier molecular flexibility index (Phi) is 15.3. The molecule has 2 aromatic rings. The molecule has 0 aliphatic heterocycles. The van der Waals surface area contributed by atoms with Gasteiger partial charge in [0.1, 0.15) is 0 Å². The van der Waals surface area contributed by atoms with Crippen molar-refractivity contribution in [3.63, 3.8) is 0 Å². The smallest absolute Gasteiger partial charge is 0.698 e. The Bertz CT molecular complexity index is 835. The molecule has 5 heteroatoms. The fourth-order valence-electron chi connectivity index (χ4n) is 3.53. The molecule has 2 aromatic carbocycles. The van der Waals surface area contributed by atoms with Crippen LogP contribution in [0.15, 0.2) is 54.1 Å². The molecule has 0 bridgehead atoms. The monoisotopic (exact) mass is 480 g/mol. The summed E-state index contributed by atoms with van der Waals surface area (Å²) in [6.07, 6.45) is 7.78. The predicted octanol–water partition coefficient (Wildman–Crippen LogP) is 7.67. The van der Waals surface area contributed by atoms with Gasteiger partial charge < -0.3 is 10.6 Å². The standard InChI is InChI=1S/C16H20N.C9H12N.2ClH.Ti/c1-4-13-8-5-6-10-15(13)16-11-7-9-14(16)12-17(2)3;1-6-4-7(2)9(10)8(3)5-6;;;/h4-10H,11-12H2,1-3H3;4-5,10H,1-3H3;2*1H;/q2*-1;;;+2. The van der Waals surface area contributed by atoms with Crippen LogP contribution < -0.4 is 0 Å². The second-order valence-corrected chi connectivity index (χ2v) is 7.50. The zero-order chi connectivity index (χ0) is 20.0. The van der Waals surface area contributed by atoms with Crippen LogP contribution in [-0.2, 0) is 21.7 Å². The zero-order valence-corrected chi connectivity index (χ0v) is 22.1. The number of likely N-dealkylation sites (N-methyl/N-ethyl adjacent to an activating group) is 1. The molecule has 0 amide bonds. The van der Waals surface area contributed by atoms with Crippen molar-refractivity contribution in [1.82, 2.24) is 4.90 Å². The molecule has 2 nitrogen and oxygen atoms in total. The van der Waals surface area contributed by atoms with Crippen molar-refractivity contribution in [2.45, 2.75) is 34.1 Å². The molecule has 0 aromatic heterocycles. The molecule has 0 saturated heterocycles. The SMILES string of the molecule is C[CH-]c1ccccc1C1=C(CN(C)C)C=CC1.Cc1cc(C)c([NH-])c(C)c1.Cl.Cl.[Ti+2]. The zero-order valence-electron chi connectivity index (χ0n) is 18.9. The molecule has 1 N–H and O–H groups in total. The number of halogens is 2. The Labute approximate surface area is 210 Å². The van der Waals surface area contributed by atoms with Crippen molar-refractivity contribution < 1.29 is 21.7 Å². The van der Waals surface area contributed by atoms with Crippen LogP contribution in [0.1, 0.15) is 41.2 Å². The van der Waals surface area contributed by atoms with Gasteiger partial charge in [-0.2, -0.15) is 18.1 Å². The summed E-state index contributed by atoms with van der Waals surface area (Å²) in [5, 5.41) is 0.